The van der Waals surface area contributed by atoms with Crippen LogP contribution >= 0.6 is 0 Å². The summed E-state index contributed by atoms with van der Waals surface area (Å²) in [7, 11) is 1.19. The highest BCUT2D eigenvalue weighted by atomic mass is 16.6. The van der Waals surface area contributed by atoms with E-state index in [4.69, 9.17) is 4.74 Å². The summed E-state index contributed by atoms with van der Waals surface area (Å²) in [5.74, 6) is -1.02. The molecule has 2 aromatic carbocycles. The third-order valence-electron chi connectivity index (χ3n) is 4.63. The van der Waals surface area contributed by atoms with Crippen LogP contribution in [-0.4, -0.2) is 29.9 Å². The molecule has 0 unspecified atom stereocenters. The number of hydrogen-bond acceptors (Lipinski definition) is 6. The Bertz CT molecular complexity index is 921. The molecule has 0 heterocycles. The highest BCUT2D eigenvalue weighted by Crippen LogP contribution is 2.30. The fraction of sp³-hybridized carbons (Fsp3) is 0.300. The van der Waals surface area contributed by atoms with Crippen molar-refractivity contribution in [2.24, 2.45) is 0 Å². The van der Waals surface area contributed by atoms with Gasteiger partial charge in [0.1, 0.15) is 0 Å². The molecular weight excluding hydrogens is 350 g/mol. The van der Waals surface area contributed by atoms with Gasteiger partial charge in [-0.2, -0.15) is 0 Å². The number of nitrogens with zero attached hydrogens (tertiary/aromatic N) is 1. The molecule has 0 N–H and O–H groups in total. The number of ketones is 1. The standard InChI is InChI=1S/C20H19NO6/c1-12(19(22)15-7-6-13-4-3-5-14(13)10-15)27-18-9-8-16(20(23)26-2)11-17(18)21(24)25/h6-12H,3-5H2,1-2H3/t12-/m0/s1. The first kappa shape index (κ1) is 18.6. The average molecular weight is 369 g/mol. The zero-order chi connectivity index (χ0) is 19.6. The molecule has 0 radical (unpaired) electrons. The van der Waals surface area contributed by atoms with E-state index in [1.54, 1.807) is 13.0 Å². The topological polar surface area (TPSA) is 95.7 Å². The molecule has 0 bridgehead atoms. The van der Waals surface area contributed by atoms with Crippen LogP contribution in [0.4, 0.5) is 5.69 Å². The van der Waals surface area contributed by atoms with E-state index in [0.717, 1.165) is 25.3 Å². The second-order valence-electron chi connectivity index (χ2n) is 6.39. The Morgan fingerprint density at radius 1 is 1.07 bits per heavy atom. The molecule has 0 spiro atoms. The first-order valence-corrected chi connectivity index (χ1v) is 8.60. The van der Waals surface area contributed by atoms with Crippen molar-refractivity contribution in [3.63, 3.8) is 0 Å². The number of fused-ring (bicyclic) bond motifs is 1. The lowest BCUT2D eigenvalue weighted by atomic mass is 10.0. The second kappa shape index (κ2) is 7.57. The minimum Gasteiger partial charge on any atom is -0.475 e. The van der Waals surface area contributed by atoms with Crippen molar-refractivity contribution >= 4 is 17.4 Å². The van der Waals surface area contributed by atoms with Crippen LogP contribution in [0.25, 0.3) is 0 Å². The van der Waals surface area contributed by atoms with Crippen molar-refractivity contribution in [1.29, 1.82) is 0 Å². The first-order valence-electron chi connectivity index (χ1n) is 8.60. The van der Waals surface area contributed by atoms with Gasteiger partial charge in [0.15, 0.2) is 11.9 Å². The number of carbonyl (C=O) groups is 2. The number of ether oxygens (including phenoxy) is 2. The smallest absolute Gasteiger partial charge is 0.338 e. The predicted octanol–water partition coefficient (Wildman–Crippen LogP) is 3.52. The maximum atomic E-state index is 12.7. The summed E-state index contributed by atoms with van der Waals surface area (Å²) in [5.41, 5.74) is 2.59. The van der Waals surface area contributed by atoms with E-state index in [1.807, 2.05) is 12.1 Å². The van der Waals surface area contributed by atoms with Gasteiger partial charge in [-0.3, -0.25) is 14.9 Å². The third kappa shape index (κ3) is 3.81. The number of hydrogen-bond donors (Lipinski definition) is 0. The van der Waals surface area contributed by atoms with Gasteiger partial charge in [0.2, 0.25) is 5.78 Å². The molecule has 0 saturated carbocycles. The lowest BCUT2D eigenvalue weighted by Crippen LogP contribution is -2.24. The van der Waals surface area contributed by atoms with E-state index in [0.29, 0.717) is 5.56 Å². The molecule has 1 aliphatic carbocycles. The minimum atomic E-state index is -0.910. The molecule has 3 rings (SSSR count). The minimum absolute atomic E-state index is 0.0363. The maximum Gasteiger partial charge on any atom is 0.338 e. The van der Waals surface area contributed by atoms with Crippen LogP contribution in [0.5, 0.6) is 5.75 Å². The van der Waals surface area contributed by atoms with Crippen molar-refractivity contribution in [3.05, 3.63) is 68.8 Å². The highest BCUT2D eigenvalue weighted by molar-refractivity contribution is 5.99. The van der Waals surface area contributed by atoms with Crippen LogP contribution in [0, 0.1) is 10.1 Å². The van der Waals surface area contributed by atoms with E-state index < -0.39 is 22.7 Å². The number of methoxy groups -OCH3 is 1. The Labute approximate surface area is 156 Å². The molecular formula is C20H19NO6. The van der Waals surface area contributed by atoms with Gasteiger partial charge in [0, 0.05) is 11.6 Å². The number of esters is 1. The van der Waals surface area contributed by atoms with E-state index >= 15 is 0 Å². The lowest BCUT2D eigenvalue weighted by molar-refractivity contribution is -0.386. The normalized spacial score (nSPS) is 13.6. The number of carbonyl (C=O) groups excluding carboxylic acids is 2. The Balaban J connectivity index is 1.82. The number of aryl methyl sites for hydroxylation is 2. The zero-order valence-corrected chi connectivity index (χ0v) is 15.1. The van der Waals surface area contributed by atoms with E-state index in [-0.39, 0.29) is 17.1 Å². The predicted molar refractivity (Wildman–Crippen MR) is 97.3 cm³/mol. The molecule has 0 aliphatic heterocycles. The second-order valence-corrected chi connectivity index (χ2v) is 6.39. The van der Waals surface area contributed by atoms with Gasteiger partial charge in [-0.05, 0) is 55.5 Å². The Morgan fingerprint density at radius 3 is 2.48 bits per heavy atom. The molecule has 140 valence electrons. The molecule has 0 saturated heterocycles. The fourth-order valence-electron chi connectivity index (χ4n) is 3.21. The highest BCUT2D eigenvalue weighted by Gasteiger charge is 2.25. The van der Waals surface area contributed by atoms with Crippen molar-refractivity contribution in [2.75, 3.05) is 7.11 Å². The van der Waals surface area contributed by atoms with Crippen molar-refractivity contribution in [1.82, 2.24) is 0 Å². The maximum absolute atomic E-state index is 12.7. The number of rotatable bonds is 6. The molecule has 0 fully saturated rings. The monoisotopic (exact) mass is 369 g/mol. The summed E-state index contributed by atoms with van der Waals surface area (Å²) in [5, 5.41) is 11.3. The van der Waals surface area contributed by atoms with Gasteiger partial charge < -0.3 is 9.47 Å². The Morgan fingerprint density at radius 2 is 1.78 bits per heavy atom. The molecule has 0 amide bonds. The SMILES string of the molecule is COC(=O)c1ccc(O[C@@H](C)C(=O)c2ccc3c(c2)CCC3)c([N+](=O)[O-])c1. The van der Waals surface area contributed by atoms with Gasteiger partial charge in [-0.25, -0.2) is 4.79 Å². The largest absolute Gasteiger partial charge is 0.475 e. The van der Waals surface area contributed by atoms with Crippen LogP contribution in [0.1, 0.15) is 45.2 Å². The van der Waals surface area contributed by atoms with Crippen LogP contribution in [0.15, 0.2) is 36.4 Å². The Hall–Kier alpha value is -3.22. The average Bonchev–Trinajstić information content (AvgIpc) is 3.14. The molecule has 7 heteroatoms. The van der Waals surface area contributed by atoms with Crippen LogP contribution in [0.3, 0.4) is 0 Å². The van der Waals surface area contributed by atoms with Crippen molar-refractivity contribution in [3.8, 4) is 5.75 Å². The van der Waals surface area contributed by atoms with Gasteiger partial charge in [0.25, 0.3) is 0 Å². The van der Waals surface area contributed by atoms with Crippen LogP contribution in [0.2, 0.25) is 0 Å². The molecule has 1 atom stereocenters. The third-order valence-corrected chi connectivity index (χ3v) is 4.63. The molecule has 27 heavy (non-hydrogen) atoms. The lowest BCUT2D eigenvalue weighted by Gasteiger charge is -2.15. The summed E-state index contributed by atoms with van der Waals surface area (Å²) in [6.07, 6.45) is 2.14. The van der Waals surface area contributed by atoms with Crippen molar-refractivity contribution in [2.45, 2.75) is 32.3 Å². The number of nitro benzene ring substituents is 1. The quantitative estimate of drug-likeness (QED) is 0.335. The van der Waals surface area contributed by atoms with Gasteiger partial charge in [-0.15, -0.1) is 0 Å². The van der Waals surface area contributed by atoms with Gasteiger partial charge >= 0.3 is 11.7 Å². The summed E-state index contributed by atoms with van der Waals surface area (Å²) in [6.45, 7) is 1.55. The van der Waals surface area contributed by atoms with Crippen LogP contribution < -0.4 is 4.74 Å². The summed E-state index contributed by atoms with van der Waals surface area (Å²) < 4.78 is 10.1. The molecule has 7 nitrogen and oxygen atoms in total. The molecule has 0 aromatic heterocycles. The summed E-state index contributed by atoms with van der Waals surface area (Å²) in [4.78, 5) is 34.9. The van der Waals surface area contributed by atoms with Crippen LogP contribution in [-0.2, 0) is 17.6 Å². The van der Waals surface area contributed by atoms with Gasteiger partial charge in [0.05, 0.1) is 17.6 Å². The molecule has 2 aromatic rings. The van der Waals surface area contributed by atoms with E-state index in [2.05, 4.69) is 4.74 Å². The zero-order valence-electron chi connectivity index (χ0n) is 15.1. The fourth-order valence-corrected chi connectivity index (χ4v) is 3.21. The van der Waals surface area contributed by atoms with Gasteiger partial charge in [-0.1, -0.05) is 12.1 Å². The van der Waals surface area contributed by atoms with E-state index in [1.165, 1.54) is 30.4 Å². The van der Waals surface area contributed by atoms with E-state index in [9.17, 15) is 19.7 Å². The number of Topliss-reactive ketones (excluding diaryl/α,β-unsaturated/α-hetero) is 1. The summed E-state index contributed by atoms with van der Waals surface area (Å²) in [6, 6.07) is 9.33. The molecule has 1 aliphatic rings. The number of benzene rings is 2. The summed E-state index contributed by atoms with van der Waals surface area (Å²) >= 11 is 0. The Kier molecular flexibility index (Phi) is 5.21. The van der Waals surface area contributed by atoms with Crippen molar-refractivity contribution < 1.29 is 24.0 Å². The number of nitro groups is 1. The first-order chi connectivity index (χ1) is 12.9.